The van der Waals surface area contributed by atoms with Crippen molar-refractivity contribution in [3.05, 3.63) is 41.2 Å². The van der Waals surface area contributed by atoms with Gasteiger partial charge in [0.1, 0.15) is 5.75 Å². The molecule has 2 rings (SSSR count). The van der Waals surface area contributed by atoms with Crippen LogP contribution in [0.4, 0.5) is 0 Å². The Kier molecular flexibility index (Phi) is 6.20. The van der Waals surface area contributed by atoms with E-state index < -0.39 is 17.7 Å². The van der Waals surface area contributed by atoms with E-state index in [1.54, 1.807) is 34.1 Å². The maximum absolute atomic E-state index is 12.7. The summed E-state index contributed by atoms with van der Waals surface area (Å²) in [5, 5.41) is 10.4. The normalized spacial score (nSPS) is 17.6. The molecule has 1 atom stereocenters. The molecule has 25 heavy (non-hydrogen) atoms. The molecule has 1 amide bonds. The molecule has 1 heterocycles. The van der Waals surface area contributed by atoms with Gasteiger partial charge in [-0.2, -0.15) is 0 Å². The van der Waals surface area contributed by atoms with Crippen LogP contribution in [0.25, 0.3) is 0 Å². The number of rotatable bonds is 8. The number of ketones is 1. The van der Waals surface area contributed by atoms with Gasteiger partial charge in [-0.05, 0) is 12.5 Å². The molecule has 6 nitrogen and oxygen atoms in total. The number of para-hydroxylation sites is 1. The zero-order valence-electron chi connectivity index (χ0n) is 15.1. The zero-order valence-corrected chi connectivity index (χ0v) is 15.1. The minimum Gasteiger partial charge on any atom is -0.503 e. The number of hydrogen-bond donors (Lipinski definition) is 1. The van der Waals surface area contributed by atoms with Crippen molar-refractivity contribution in [2.45, 2.75) is 26.3 Å². The Morgan fingerprint density at radius 2 is 1.96 bits per heavy atom. The number of nitrogens with zero attached hydrogens (tertiary/aromatic N) is 1. The number of hydrogen-bond acceptors (Lipinski definition) is 5. The summed E-state index contributed by atoms with van der Waals surface area (Å²) in [6.45, 7) is 4.35. The van der Waals surface area contributed by atoms with Crippen molar-refractivity contribution in [3.8, 4) is 5.75 Å². The fourth-order valence-corrected chi connectivity index (χ4v) is 3.04. The number of methoxy groups -OCH3 is 2. The second-order valence-corrected chi connectivity index (χ2v) is 6.27. The minimum atomic E-state index is -0.657. The molecule has 0 aromatic heterocycles. The van der Waals surface area contributed by atoms with Gasteiger partial charge in [0.2, 0.25) is 0 Å². The number of amides is 1. The highest BCUT2D eigenvalue weighted by molar-refractivity contribution is 6.09. The fourth-order valence-electron chi connectivity index (χ4n) is 3.04. The molecule has 1 aromatic rings. The molecule has 0 fully saturated rings. The first-order valence-corrected chi connectivity index (χ1v) is 8.34. The lowest BCUT2D eigenvalue weighted by Crippen LogP contribution is -2.33. The Morgan fingerprint density at radius 1 is 1.28 bits per heavy atom. The molecule has 1 N–H and O–H groups in total. The van der Waals surface area contributed by atoms with Crippen LogP contribution in [-0.2, 0) is 14.3 Å². The van der Waals surface area contributed by atoms with Crippen LogP contribution in [0.5, 0.6) is 5.75 Å². The summed E-state index contributed by atoms with van der Waals surface area (Å²) in [5.41, 5.74) is 0.825. The summed E-state index contributed by atoms with van der Waals surface area (Å²) in [4.78, 5) is 26.8. The van der Waals surface area contributed by atoms with Crippen molar-refractivity contribution in [2.75, 3.05) is 27.4 Å². The monoisotopic (exact) mass is 347 g/mol. The summed E-state index contributed by atoms with van der Waals surface area (Å²) in [5.74, 6) is -0.999. The second-order valence-electron chi connectivity index (χ2n) is 6.27. The van der Waals surface area contributed by atoms with Gasteiger partial charge in [-0.1, -0.05) is 32.0 Å². The van der Waals surface area contributed by atoms with Crippen LogP contribution in [0.1, 0.15) is 31.9 Å². The average Bonchev–Trinajstić information content (AvgIpc) is 2.85. The van der Waals surface area contributed by atoms with Gasteiger partial charge in [0.25, 0.3) is 5.91 Å². The third kappa shape index (κ3) is 3.69. The topological polar surface area (TPSA) is 76.1 Å². The molecule has 1 unspecified atom stereocenters. The van der Waals surface area contributed by atoms with E-state index in [2.05, 4.69) is 0 Å². The Balaban J connectivity index is 2.52. The minimum absolute atomic E-state index is 0.141. The van der Waals surface area contributed by atoms with Crippen molar-refractivity contribution in [2.24, 2.45) is 5.92 Å². The highest BCUT2D eigenvalue weighted by atomic mass is 16.5. The van der Waals surface area contributed by atoms with Crippen molar-refractivity contribution >= 4 is 11.7 Å². The quantitative estimate of drug-likeness (QED) is 0.732. The van der Waals surface area contributed by atoms with Crippen molar-refractivity contribution in [1.29, 1.82) is 0 Å². The predicted molar refractivity (Wildman–Crippen MR) is 93.4 cm³/mol. The van der Waals surface area contributed by atoms with Gasteiger partial charge < -0.3 is 19.5 Å². The molecule has 136 valence electrons. The van der Waals surface area contributed by atoms with Gasteiger partial charge in [-0.3, -0.25) is 9.59 Å². The van der Waals surface area contributed by atoms with E-state index in [9.17, 15) is 14.7 Å². The third-order valence-electron chi connectivity index (χ3n) is 4.27. The van der Waals surface area contributed by atoms with Gasteiger partial charge >= 0.3 is 0 Å². The standard InChI is InChI=1S/C19H25NO5/c1-12(2)17(21)15-16(13-8-5-6-9-14(13)25-4)20(10-7-11-24-3)19(23)18(15)22/h5-6,8-9,12,16,22H,7,10-11H2,1-4H3. The lowest BCUT2D eigenvalue weighted by molar-refractivity contribution is -0.129. The first-order chi connectivity index (χ1) is 11.9. The van der Waals surface area contributed by atoms with Gasteiger partial charge in [0, 0.05) is 31.7 Å². The zero-order chi connectivity index (χ0) is 18.6. The van der Waals surface area contributed by atoms with Crippen LogP contribution >= 0.6 is 0 Å². The van der Waals surface area contributed by atoms with Crippen LogP contribution in [0.15, 0.2) is 35.6 Å². The maximum Gasteiger partial charge on any atom is 0.290 e. The van der Waals surface area contributed by atoms with Crippen molar-refractivity contribution < 1.29 is 24.2 Å². The number of carbonyl (C=O) groups excluding carboxylic acids is 2. The molecule has 0 saturated heterocycles. The van der Waals surface area contributed by atoms with E-state index in [-0.39, 0.29) is 17.3 Å². The molecule has 0 aliphatic carbocycles. The molecule has 0 spiro atoms. The highest BCUT2D eigenvalue weighted by Gasteiger charge is 2.44. The number of Topliss-reactive ketones (excluding diaryl/α,β-unsaturated/α-hetero) is 1. The molecule has 1 aliphatic rings. The second kappa shape index (κ2) is 8.16. The molecule has 1 aromatic carbocycles. The average molecular weight is 347 g/mol. The van der Waals surface area contributed by atoms with Crippen molar-refractivity contribution in [3.63, 3.8) is 0 Å². The third-order valence-corrected chi connectivity index (χ3v) is 4.27. The highest BCUT2D eigenvalue weighted by Crippen LogP contribution is 2.42. The summed E-state index contributed by atoms with van der Waals surface area (Å²) in [6.07, 6.45) is 0.602. The molecular formula is C19H25NO5. The first-order valence-electron chi connectivity index (χ1n) is 8.34. The molecule has 6 heteroatoms. The van der Waals surface area contributed by atoms with E-state index in [1.807, 2.05) is 18.2 Å². The molecule has 0 radical (unpaired) electrons. The maximum atomic E-state index is 12.7. The Hall–Kier alpha value is -2.34. The smallest absolute Gasteiger partial charge is 0.290 e. The number of aliphatic hydroxyl groups excluding tert-OH is 1. The molecule has 1 aliphatic heterocycles. The fraction of sp³-hybridized carbons (Fsp3) is 0.474. The molecular weight excluding hydrogens is 322 g/mol. The Morgan fingerprint density at radius 3 is 2.56 bits per heavy atom. The van der Waals surface area contributed by atoms with E-state index in [1.165, 1.54) is 4.90 Å². The van der Waals surface area contributed by atoms with Crippen LogP contribution in [0, 0.1) is 5.92 Å². The number of ether oxygens (including phenoxy) is 2. The Bertz CT molecular complexity index is 680. The van der Waals surface area contributed by atoms with Crippen molar-refractivity contribution in [1.82, 2.24) is 4.90 Å². The summed E-state index contributed by atoms with van der Waals surface area (Å²) >= 11 is 0. The number of benzene rings is 1. The van der Waals surface area contributed by atoms with Gasteiger partial charge in [-0.15, -0.1) is 0 Å². The van der Waals surface area contributed by atoms with Crippen LogP contribution in [-0.4, -0.2) is 49.1 Å². The van der Waals surface area contributed by atoms with Gasteiger partial charge in [0.15, 0.2) is 11.5 Å². The summed E-state index contributed by atoms with van der Waals surface area (Å²) in [7, 11) is 3.13. The largest absolute Gasteiger partial charge is 0.503 e. The van der Waals surface area contributed by atoms with Crippen LogP contribution < -0.4 is 4.74 Å². The number of carbonyl (C=O) groups is 2. The first kappa shape index (κ1) is 19.0. The molecule has 0 saturated carbocycles. The summed E-state index contributed by atoms with van der Waals surface area (Å²) < 4.78 is 10.5. The van der Waals surface area contributed by atoms with E-state index in [0.29, 0.717) is 30.9 Å². The number of aliphatic hydroxyl groups is 1. The van der Waals surface area contributed by atoms with E-state index in [4.69, 9.17) is 9.47 Å². The van der Waals surface area contributed by atoms with Crippen LogP contribution in [0.2, 0.25) is 0 Å². The van der Waals surface area contributed by atoms with E-state index in [0.717, 1.165) is 0 Å². The lowest BCUT2D eigenvalue weighted by atomic mass is 9.91. The van der Waals surface area contributed by atoms with Gasteiger partial charge in [0.05, 0.1) is 18.7 Å². The lowest BCUT2D eigenvalue weighted by Gasteiger charge is -2.28. The molecule has 0 bridgehead atoms. The van der Waals surface area contributed by atoms with Gasteiger partial charge in [-0.25, -0.2) is 0 Å². The Labute approximate surface area is 148 Å². The summed E-state index contributed by atoms with van der Waals surface area (Å²) in [6, 6.07) is 6.58. The van der Waals surface area contributed by atoms with E-state index >= 15 is 0 Å². The predicted octanol–water partition coefficient (Wildman–Crippen LogP) is 2.65. The SMILES string of the molecule is COCCCN1C(=O)C(O)=C(C(=O)C(C)C)C1c1ccccc1OC. The van der Waals surface area contributed by atoms with Crippen LogP contribution in [0.3, 0.4) is 0 Å².